The summed E-state index contributed by atoms with van der Waals surface area (Å²) in [5.41, 5.74) is 5.68. The van der Waals surface area contributed by atoms with Gasteiger partial charge in [0.1, 0.15) is 0 Å². The second kappa shape index (κ2) is 3.78. The predicted molar refractivity (Wildman–Crippen MR) is 52.1 cm³/mol. The van der Waals surface area contributed by atoms with Gasteiger partial charge in [-0.15, -0.1) is 0 Å². The number of nitrogens with one attached hydrogen (secondary N) is 1. The van der Waals surface area contributed by atoms with Gasteiger partial charge in [-0.1, -0.05) is 0 Å². The lowest BCUT2D eigenvalue weighted by atomic mass is 10.2. The van der Waals surface area contributed by atoms with E-state index in [0.717, 1.165) is 5.92 Å². The first-order valence-corrected chi connectivity index (χ1v) is 4.69. The first kappa shape index (κ1) is 9.36. The summed E-state index contributed by atoms with van der Waals surface area (Å²) < 4.78 is 0. The molecule has 0 aliphatic heterocycles. The van der Waals surface area contributed by atoms with Crippen LogP contribution in [0.2, 0.25) is 0 Å². The molecule has 1 aliphatic rings. The molecule has 0 bridgehead atoms. The van der Waals surface area contributed by atoms with Crippen LogP contribution in [0, 0.1) is 5.92 Å². The fraction of sp³-hybridized carbons (Fsp3) is 0.889. The van der Waals surface area contributed by atoms with Gasteiger partial charge in [0, 0.05) is 6.04 Å². The summed E-state index contributed by atoms with van der Waals surface area (Å²) in [6.45, 7) is 6.25. The molecule has 1 aliphatic carbocycles. The van der Waals surface area contributed by atoms with Crippen molar-refractivity contribution in [1.82, 2.24) is 5.32 Å². The van der Waals surface area contributed by atoms with Crippen LogP contribution in [0.15, 0.2) is 4.99 Å². The molecule has 0 aromatic heterocycles. The van der Waals surface area contributed by atoms with Gasteiger partial charge in [-0.25, -0.2) is 0 Å². The van der Waals surface area contributed by atoms with E-state index in [9.17, 15) is 0 Å². The molecule has 0 heterocycles. The molecule has 3 N–H and O–H groups in total. The summed E-state index contributed by atoms with van der Waals surface area (Å²) in [4.78, 5) is 4.36. The van der Waals surface area contributed by atoms with Crippen molar-refractivity contribution in [1.29, 1.82) is 0 Å². The van der Waals surface area contributed by atoms with E-state index in [1.165, 1.54) is 12.8 Å². The maximum Gasteiger partial charge on any atom is 0.189 e. The average molecular weight is 169 g/mol. The normalized spacial score (nSPS) is 21.2. The predicted octanol–water partition coefficient (Wildman–Crippen LogP) is 1.10. The van der Waals surface area contributed by atoms with Crippen molar-refractivity contribution in [2.24, 2.45) is 16.6 Å². The minimum absolute atomic E-state index is 0.375. The van der Waals surface area contributed by atoms with Gasteiger partial charge in [-0.2, -0.15) is 0 Å². The van der Waals surface area contributed by atoms with E-state index in [1.54, 1.807) is 0 Å². The Bertz CT molecular complexity index is 171. The molecule has 0 aromatic carbocycles. The van der Waals surface area contributed by atoms with Crippen LogP contribution < -0.4 is 11.1 Å². The number of nitrogens with two attached hydrogens (primary N) is 1. The fourth-order valence-corrected chi connectivity index (χ4v) is 1.24. The SMILES string of the molecule is CC(C)NC(N)=NC(C)C1CC1. The lowest BCUT2D eigenvalue weighted by Crippen LogP contribution is -2.37. The van der Waals surface area contributed by atoms with Crippen molar-refractivity contribution in [2.45, 2.75) is 45.7 Å². The minimum atomic E-state index is 0.375. The van der Waals surface area contributed by atoms with Crippen LogP contribution in [-0.2, 0) is 0 Å². The molecule has 1 saturated carbocycles. The Morgan fingerprint density at radius 3 is 2.42 bits per heavy atom. The Morgan fingerprint density at radius 2 is 2.00 bits per heavy atom. The van der Waals surface area contributed by atoms with E-state index in [0.29, 0.717) is 18.0 Å². The van der Waals surface area contributed by atoms with Crippen LogP contribution in [-0.4, -0.2) is 18.0 Å². The smallest absolute Gasteiger partial charge is 0.189 e. The monoisotopic (exact) mass is 169 g/mol. The molecule has 0 aromatic rings. The van der Waals surface area contributed by atoms with Crippen molar-refractivity contribution in [3.8, 4) is 0 Å². The van der Waals surface area contributed by atoms with Gasteiger partial charge in [0.15, 0.2) is 5.96 Å². The highest BCUT2D eigenvalue weighted by atomic mass is 15.1. The maximum atomic E-state index is 5.68. The zero-order valence-corrected chi connectivity index (χ0v) is 8.17. The van der Waals surface area contributed by atoms with E-state index in [-0.39, 0.29) is 0 Å². The fourth-order valence-electron chi connectivity index (χ4n) is 1.24. The number of hydrogen-bond donors (Lipinski definition) is 2. The lowest BCUT2D eigenvalue weighted by molar-refractivity contribution is 0.637. The van der Waals surface area contributed by atoms with E-state index < -0.39 is 0 Å². The second-order valence-electron chi connectivity index (χ2n) is 3.89. The lowest BCUT2D eigenvalue weighted by Gasteiger charge is -2.11. The van der Waals surface area contributed by atoms with Gasteiger partial charge >= 0.3 is 0 Å². The minimum Gasteiger partial charge on any atom is -0.370 e. The molecule has 12 heavy (non-hydrogen) atoms. The Kier molecular flexibility index (Phi) is 2.95. The van der Waals surface area contributed by atoms with Gasteiger partial charge in [-0.05, 0) is 39.5 Å². The van der Waals surface area contributed by atoms with Gasteiger partial charge in [0.2, 0.25) is 0 Å². The Balaban J connectivity index is 2.32. The third kappa shape index (κ3) is 3.11. The number of rotatable bonds is 3. The van der Waals surface area contributed by atoms with Crippen LogP contribution in [0.1, 0.15) is 33.6 Å². The van der Waals surface area contributed by atoms with Crippen LogP contribution in [0.3, 0.4) is 0 Å². The highest BCUT2D eigenvalue weighted by Gasteiger charge is 2.27. The van der Waals surface area contributed by atoms with E-state index in [2.05, 4.69) is 31.1 Å². The summed E-state index contributed by atoms with van der Waals surface area (Å²) in [6, 6.07) is 0.774. The third-order valence-electron chi connectivity index (χ3n) is 2.08. The molecule has 0 spiro atoms. The summed E-state index contributed by atoms with van der Waals surface area (Å²) in [6.07, 6.45) is 2.64. The zero-order valence-electron chi connectivity index (χ0n) is 8.17. The van der Waals surface area contributed by atoms with Crippen molar-refractivity contribution < 1.29 is 0 Å². The Labute approximate surface area is 74.4 Å². The van der Waals surface area contributed by atoms with Crippen LogP contribution >= 0.6 is 0 Å². The van der Waals surface area contributed by atoms with Crippen LogP contribution in [0.4, 0.5) is 0 Å². The Morgan fingerprint density at radius 1 is 1.42 bits per heavy atom. The van der Waals surface area contributed by atoms with Gasteiger partial charge in [0.05, 0.1) is 6.04 Å². The average Bonchev–Trinajstić information content (AvgIpc) is 2.63. The number of aliphatic imine (C=N–C) groups is 1. The topological polar surface area (TPSA) is 50.4 Å². The summed E-state index contributed by atoms with van der Waals surface area (Å²) in [5, 5.41) is 3.08. The largest absolute Gasteiger partial charge is 0.370 e. The standard InChI is InChI=1S/C9H19N3/c1-6(2)11-9(10)12-7(3)8-4-5-8/h6-8H,4-5H2,1-3H3,(H3,10,11,12). The van der Waals surface area contributed by atoms with Crippen LogP contribution in [0.25, 0.3) is 0 Å². The third-order valence-corrected chi connectivity index (χ3v) is 2.08. The van der Waals surface area contributed by atoms with Crippen molar-refractivity contribution >= 4 is 5.96 Å². The van der Waals surface area contributed by atoms with Crippen molar-refractivity contribution in [2.75, 3.05) is 0 Å². The van der Waals surface area contributed by atoms with E-state index in [4.69, 9.17) is 5.73 Å². The summed E-state index contributed by atoms with van der Waals surface area (Å²) in [7, 11) is 0. The van der Waals surface area contributed by atoms with Gasteiger partial charge in [-0.3, -0.25) is 4.99 Å². The highest BCUT2D eigenvalue weighted by Crippen LogP contribution is 2.33. The first-order chi connectivity index (χ1) is 5.59. The molecule has 3 nitrogen and oxygen atoms in total. The van der Waals surface area contributed by atoms with Crippen LogP contribution in [0.5, 0.6) is 0 Å². The molecule has 3 heteroatoms. The molecule has 1 atom stereocenters. The Hall–Kier alpha value is -0.730. The van der Waals surface area contributed by atoms with Gasteiger partial charge in [0.25, 0.3) is 0 Å². The first-order valence-electron chi connectivity index (χ1n) is 4.69. The zero-order chi connectivity index (χ0) is 9.14. The molecule has 1 fully saturated rings. The number of hydrogen-bond acceptors (Lipinski definition) is 1. The number of nitrogens with zero attached hydrogens (tertiary/aromatic N) is 1. The highest BCUT2D eigenvalue weighted by molar-refractivity contribution is 5.78. The van der Waals surface area contributed by atoms with Crippen molar-refractivity contribution in [3.05, 3.63) is 0 Å². The molecule has 0 saturated heterocycles. The van der Waals surface area contributed by atoms with E-state index in [1.807, 2.05) is 0 Å². The molecular formula is C9H19N3. The number of guanidine groups is 1. The maximum absolute atomic E-state index is 5.68. The molecular weight excluding hydrogens is 150 g/mol. The molecule has 0 amide bonds. The van der Waals surface area contributed by atoms with E-state index >= 15 is 0 Å². The van der Waals surface area contributed by atoms with Crippen molar-refractivity contribution in [3.63, 3.8) is 0 Å². The second-order valence-corrected chi connectivity index (χ2v) is 3.89. The molecule has 0 radical (unpaired) electrons. The molecule has 70 valence electrons. The molecule has 1 unspecified atom stereocenters. The van der Waals surface area contributed by atoms with Gasteiger partial charge < -0.3 is 11.1 Å². The quantitative estimate of drug-likeness (QED) is 0.491. The summed E-state index contributed by atoms with van der Waals surface area (Å²) in [5.74, 6) is 1.38. The molecule has 1 rings (SSSR count). The summed E-state index contributed by atoms with van der Waals surface area (Å²) >= 11 is 0.